The van der Waals surface area contributed by atoms with Crippen molar-refractivity contribution in [2.45, 2.75) is 38.1 Å². The molecule has 0 saturated heterocycles. The zero-order valence-electron chi connectivity index (χ0n) is 11.3. The van der Waals surface area contributed by atoms with Crippen LogP contribution in [0.5, 0.6) is 0 Å². The third kappa shape index (κ3) is 4.03. The first kappa shape index (κ1) is 14.0. The molecule has 1 fully saturated rings. The Bertz CT molecular complexity index is 430. The molecular formula is C15H21FN2O. The van der Waals surface area contributed by atoms with Crippen LogP contribution in [0.25, 0.3) is 0 Å². The molecule has 0 aliphatic heterocycles. The molecule has 1 aliphatic rings. The molecule has 1 aromatic carbocycles. The van der Waals surface area contributed by atoms with Gasteiger partial charge in [-0.15, -0.1) is 0 Å². The monoisotopic (exact) mass is 264 g/mol. The molecule has 2 rings (SSSR count). The van der Waals surface area contributed by atoms with E-state index in [9.17, 15) is 9.18 Å². The summed E-state index contributed by atoms with van der Waals surface area (Å²) in [7, 11) is 0. The van der Waals surface area contributed by atoms with Crippen LogP contribution in [0, 0.1) is 5.82 Å². The number of carbonyl (C=O) groups excluding carboxylic acids is 1. The van der Waals surface area contributed by atoms with Crippen LogP contribution in [0.1, 0.15) is 37.7 Å². The van der Waals surface area contributed by atoms with Crippen molar-refractivity contribution in [3.63, 3.8) is 0 Å². The lowest BCUT2D eigenvalue weighted by atomic mass is 9.76. The predicted molar refractivity (Wildman–Crippen MR) is 73.5 cm³/mol. The molecule has 0 aromatic heterocycles. The van der Waals surface area contributed by atoms with Crippen molar-refractivity contribution in [3.8, 4) is 0 Å². The first-order chi connectivity index (χ1) is 9.19. The van der Waals surface area contributed by atoms with Crippen LogP contribution in [-0.2, 0) is 4.79 Å². The van der Waals surface area contributed by atoms with Crippen molar-refractivity contribution >= 4 is 5.91 Å². The number of amides is 1. The molecule has 0 unspecified atom stereocenters. The molecule has 3 nitrogen and oxygen atoms in total. The summed E-state index contributed by atoms with van der Waals surface area (Å²) < 4.78 is 13.1. The number of halogens is 1. The molecule has 0 atom stereocenters. The van der Waals surface area contributed by atoms with E-state index in [1.54, 1.807) is 12.1 Å². The first-order valence-electron chi connectivity index (χ1n) is 6.94. The molecule has 0 heterocycles. The third-order valence-electron chi connectivity index (χ3n) is 3.58. The zero-order chi connectivity index (χ0) is 13.7. The van der Waals surface area contributed by atoms with E-state index in [-0.39, 0.29) is 11.7 Å². The number of rotatable bonds is 6. The van der Waals surface area contributed by atoms with Gasteiger partial charge < -0.3 is 10.6 Å². The number of hydrogen-bond donors (Lipinski definition) is 2. The minimum absolute atomic E-state index is 0.0519. The minimum Gasteiger partial charge on any atom is -0.355 e. The fourth-order valence-electron chi connectivity index (χ4n) is 2.38. The second-order valence-corrected chi connectivity index (χ2v) is 5.15. The minimum atomic E-state index is -0.173. The zero-order valence-corrected chi connectivity index (χ0v) is 11.3. The summed E-state index contributed by atoms with van der Waals surface area (Å²) in [5, 5.41) is 6.07. The molecule has 1 aromatic rings. The smallest absolute Gasteiger partial charge is 0.233 e. The van der Waals surface area contributed by atoms with Gasteiger partial charge in [-0.3, -0.25) is 4.79 Å². The maximum Gasteiger partial charge on any atom is 0.233 e. The molecule has 104 valence electrons. The predicted octanol–water partition coefficient (Wildman–Crippen LogP) is 2.19. The van der Waals surface area contributed by atoms with E-state index >= 15 is 0 Å². The van der Waals surface area contributed by atoms with E-state index in [4.69, 9.17) is 0 Å². The average molecular weight is 264 g/mol. The van der Waals surface area contributed by atoms with E-state index in [2.05, 4.69) is 10.6 Å². The topological polar surface area (TPSA) is 41.1 Å². The van der Waals surface area contributed by atoms with E-state index < -0.39 is 0 Å². The average Bonchev–Trinajstić information content (AvgIpc) is 2.34. The summed E-state index contributed by atoms with van der Waals surface area (Å²) in [6, 6.07) is 7.17. The lowest BCUT2D eigenvalue weighted by molar-refractivity contribution is -0.120. The van der Waals surface area contributed by atoms with Crippen molar-refractivity contribution in [1.82, 2.24) is 10.6 Å². The Morgan fingerprint density at radius 2 is 2.21 bits per heavy atom. The fourth-order valence-corrected chi connectivity index (χ4v) is 2.38. The van der Waals surface area contributed by atoms with E-state index in [0.29, 0.717) is 18.5 Å². The van der Waals surface area contributed by atoms with Crippen LogP contribution in [0.3, 0.4) is 0 Å². The Kier molecular flexibility index (Phi) is 4.91. The summed E-state index contributed by atoms with van der Waals surface area (Å²) in [6.45, 7) is 3.14. The lowest BCUT2D eigenvalue weighted by Gasteiger charge is -2.36. The van der Waals surface area contributed by atoms with Gasteiger partial charge in [0.2, 0.25) is 5.91 Å². The van der Waals surface area contributed by atoms with E-state index in [1.165, 1.54) is 6.07 Å². The standard InChI is InChI=1S/C15H21FN2O/c1-2-6-17-15(19)10-18-14-8-12(9-14)11-4-3-5-13(16)7-11/h3-5,7,12,14,18H,2,6,8-10H2,1H3,(H,17,19). The molecule has 4 heteroatoms. The first-order valence-corrected chi connectivity index (χ1v) is 6.94. The quantitative estimate of drug-likeness (QED) is 0.827. The maximum absolute atomic E-state index is 13.1. The molecule has 0 radical (unpaired) electrons. The van der Waals surface area contributed by atoms with Gasteiger partial charge >= 0.3 is 0 Å². The van der Waals surface area contributed by atoms with Crippen LogP contribution in [0.2, 0.25) is 0 Å². The van der Waals surface area contributed by atoms with Gasteiger partial charge in [0.15, 0.2) is 0 Å². The highest BCUT2D eigenvalue weighted by atomic mass is 19.1. The summed E-state index contributed by atoms with van der Waals surface area (Å²) in [4.78, 5) is 11.4. The Labute approximate surface area is 113 Å². The van der Waals surface area contributed by atoms with Gasteiger partial charge in [-0.1, -0.05) is 19.1 Å². The van der Waals surface area contributed by atoms with Gasteiger partial charge in [-0.05, 0) is 42.9 Å². The van der Waals surface area contributed by atoms with Crippen LogP contribution in [0.4, 0.5) is 4.39 Å². The summed E-state index contributed by atoms with van der Waals surface area (Å²) in [6.07, 6.45) is 2.91. The molecule has 0 spiro atoms. The maximum atomic E-state index is 13.1. The van der Waals surface area contributed by atoms with Gasteiger partial charge in [0.25, 0.3) is 0 Å². The van der Waals surface area contributed by atoms with Crippen LogP contribution in [0.15, 0.2) is 24.3 Å². The number of nitrogens with one attached hydrogen (secondary N) is 2. The third-order valence-corrected chi connectivity index (χ3v) is 3.58. The van der Waals surface area contributed by atoms with Gasteiger partial charge in [-0.25, -0.2) is 4.39 Å². The van der Waals surface area contributed by atoms with Gasteiger partial charge in [0.1, 0.15) is 5.82 Å². The Hall–Kier alpha value is -1.42. The summed E-state index contributed by atoms with van der Waals surface area (Å²) in [5.74, 6) is 0.302. The Morgan fingerprint density at radius 1 is 1.42 bits per heavy atom. The second kappa shape index (κ2) is 6.66. The van der Waals surface area contributed by atoms with Crippen LogP contribution < -0.4 is 10.6 Å². The number of benzene rings is 1. The van der Waals surface area contributed by atoms with Crippen molar-refractivity contribution in [3.05, 3.63) is 35.6 Å². The van der Waals surface area contributed by atoms with Gasteiger partial charge in [0.05, 0.1) is 6.54 Å². The SMILES string of the molecule is CCCNC(=O)CNC1CC(c2cccc(F)c2)C1. The molecule has 1 aliphatic carbocycles. The molecule has 2 N–H and O–H groups in total. The van der Waals surface area contributed by atoms with Gasteiger partial charge in [-0.2, -0.15) is 0 Å². The Balaban J connectivity index is 1.68. The van der Waals surface area contributed by atoms with Gasteiger partial charge in [0, 0.05) is 12.6 Å². The van der Waals surface area contributed by atoms with E-state index in [1.807, 2.05) is 13.0 Å². The fraction of sp³-hybridized carbons (Fsp3) is 0.533. The van der Waals surface area contributed by atoms with Crippen molar-refractivity contribution < 1.29 is 9.18 Å². The molecular weight excluding hydrogens is 243 g/mol. The van der Waals surface area contributed by atoms with Crippen LogP contribution >= 0.6 is 0 Å². The summed E-state index contributed by atoms with van der Waals surface area (Å²) >= 11 is 0. The highest BCUT2D eigenvalue weighted by Crippen LogP contribution is 2.36. The van der Waals surface area contributed by atoms with Crippen molar-refractivity contribution in [2.24, 2.45) is 0 Å². The van der Waals surface area contributed by atoms with Crippen LogP contribution in [-0.4, -0.2) is 25.0 Å². The largest absolute Gasteiger partial charge is 0.355 e. The van der Waals surface area contributed by atoms with Crippen molar-refractivity contribution in [1.29, 1.82) is 0 Å². The highest BCUT2D eigenvalue weighted by Gasteiger charge is 2.30. The number of hydrogen-bond acceptors (Lipinski definition) is 2. The molecule has 19 heavy (non-hydrogen) atoms. The second-order valence-electron chi connectivity index (χ2n) is 5.15. The highest BCUT2D eigenvalue weighted by molar-refractivity contribution is 5.77. The number of carbonyl (C=O) groups is 1. The van der Waals surface area contributed by atoms with Crippen molar-refractivity contribution in [2.75, 3.05) is 13.1 Å². The molecule has 0 bridgehead atoms. The normalized spacial score (nSPS) is 21.8. The Morgan fingerprint density at radius 3 is 2.89 bits per heavy atom. The molecule has 1 saturated carbocycles. The molecule has 1 amide bonds. The van der Waals surface area contributed by atoms with E-state index in [0.717, 1.165) is 31.4 Å². The lowest BCUT2D eigenvalue weighted by Crippen LogP contribution is -2.45. The summed E-state index contributed by atoms with van der Waals surface area (Å²) in [5.41, 5.74) is 1.06.